The van der Waals surface area contributed by atoms with Crippen LogP contribution in [0.15, 0.2) is 0 Å². The quantitative estimate of drug-likeness (QED) is 0.686. The Morgan fingerprint density at radius 2 is 2.22 bits per heavy atom. The molecule has 102 valence electrons. The molecular weight excluding hydrogens is 228 g/mol. The number of carbonyl (C=O) groups excluding carboxylic acids is 1. The second kappa shape index (κ2) is 6.77. The van der Waals surface area contributed by atoms with E-state index in [-0.39, 0.29) is 18.6 Å². The minimum absolute atomic E-state index is 0.0444. The summed E-state index contributed by atoms with van der Waals surface area (Å²) in [7, 11) is 0. The Kier molecular flexibility index (Phi) is 5.64. The first-order valence-corrected chi connectivity index (χ1v) is 6.74. The second-order valence-electron chi connectivity index (χ2n) is 4.93. The molecule has 1 rings (SSSR count). The topological polar surface area (TPSA) is 52.6 Å². The van der Waals surface area contributed by atoms with Gasteiger partial charge in [-0.2, -0.15) is 0 Å². The van der Waals surface area contributed by atoms with Crippen LogP contribution in [0.5, 0.6) is 0 Å². The molecule has 18 heavy (non-hydrogen) atoms. The van der Waals surface area contributed by atoms with Crippen LogP contribution in [0.3, 0.4) is 0 Å². The van der Waals surface area contributed by atoms with Crippen molar-refractivity contribution in [3.63, 3.8) is 0 Å². The molecule has 1 saturated heterocycles. The summed E-state index contributed by atoms with van der Waals surface area (Å²) in [5, 5.41) is 12.2. The number of aliphatic hydroxyl groups excluding tert-OH is 1. The monoisotopic (exact) mass is 252 g/mol. The van der Waals surface area contributed by atoms with Gasteiger partial charge in [-0.1, -0.05) is 19.8 Å². The van der Waals surface area contributed by atoms with Crippen LogP contribution in [-0.2, 0) is 4.79 Å². The molecule has 0 aromatic rings. The van der Waals surface area contributed by atoms with Gasteiger partial charge in [0.15, 0.2) is 0 Å². The molecule has 1 unspecified atom stereocenters. The zero-order chi connectivity index (χ0) is 13.6. The molecule has 4 heteroatoms. The van der Waals surface area contributed by atoms with E-state index >= 15 is 0 Å². The molecule has 1 aliphatic heterocycles. The molecule has 0 bridgehead atoms. The second-order valence-corrected chi connectivity index (χ2v) is 4.93. The predicted octanol–water partition coefficient (Wildman–Crippen LogP) is 0.751. The normalized spacial score (nSPS) is 20.7. The van der Waals surface area contributed by atoms with Gasteiger partial charge in [0, 0.05) is 6.04 Å². The van der Waals surface area contributed by atoms with Crippen molar-refractivity contribution in [2.24, 2.45) is 0 Å². The standard InChI is InChI=1S/C14H24N2O2/c1-4-14(5-2,6-3)15-13(18)10-16-9-7-8-12(16)11-17/h1,12,17H,5-11H2,2-3H3,(H,15,18). The van der Waals surface area contributed by atoms with Gasteiger partial charge in [0.25, 0.3) is 0 Å². The highest BCUT2D eigenvalue weighted by molar-refractivity contribution is 5.79. The van der Waals surface area contributed by atoms with E-state index in [1.807, 2.05) is 18.7 Å². The van der Waals surface area contributed by atoms with E-state index in [0.29, 0.717) is 6.54 Å². The number of nitrogens with zero attached hydrogens (tertiary/aromatic N) is 1. The molecule has 1 heterocycles. The van der Waals surface area contributed by atoms with Crippen molar-refractivity contribution in [3.05, 3.63) is 0 Å². The van der Waals surface area contributed by atoms with Gasteiger partial charge in [0.2, 0.25) is 5.91 Å². The zero-order valence-corrected chi connectivity index (χ0v) is 11.4. The smallest absolute Gasteiger partial charge is 0.235 e. The first kappa shape index (κ1) is 15.0. The molecule has 1 atom stereocenters. The number of amides is 1. The lowest BCUT2D eigenvalue weighted by molar-refractivity contribution is -0.124. The predicted molar refractivity (Wildman–Crippen MR) is 72.0 cm³/mol. The molecular formula is C14H24N2O2. The van der Waals surface area contributed by atoms with E-state index in [0.717, 1.165) is 32.2 Å². The fraction of sp³-hybridized carbons (Fsp3) is 0.786. The maximum Gasteiger partial charge on any atom is 0.235 e. The Balaban J connectivity index is 2.53. The number of aliphatic hydroxyl groups is 1. The van der Waals surface area contributed by atoms with E-state index in [1.54, 1.807) is 0 Å². The maximum atomic E-state index is 12.0. The number of terminal acetylenes is 1. The number of hydrogen-bond acceptors (Lipinski definition) is 3. The lowest BCUT2D eigenvalue weighted by Gasteiger charge is -2.29. The number of rotatable bonds is 6. The van der Waals surface area contributed by atoms with Crippen LogP contribution in [0.25, 0.3) is 0 Å². The van der Waals surface area contributed by atoms with Crippen molar-refractivity contribution < 1.29 is 9.90 Å². The van der Waals surface area contributed by atoms with Crippen molar-refractivity contribution in [1.82, 2.24) is 10.2 Å². The zero-order valence-electron chi connectivity index (χ0n) is 11.4. The largest absolute Gasteiger partial charge is 0.395 e. The molecule has 1 aliphatic rings. The highest BCUT2D eigenvalue weighted by Gasteiger charge is 2.29. The summed E-state index contributed by atoms with van der Waals surface area (Å²) >= 11 is 0. The van der Waals surface area contributed by atoms with Gasteiger partial charge in [-0.3, -0.25) is 9.69 Å². The summed E-state index contributed by atoms with van der Waals surface area (Å²) in [5.74, 6) is 2.65. The fourth-order valence-corrected chi connectivity index (χ4v) is 2.47. The Bertz CT molecular complexity index is 318. The van der Waals surface area contributed by atoms with E-state index < -0.39 is 5.54 Å². The van der Waals surface area contributed by atoms with Crippen LogP contribution < -0.4 is 5.32 Å². The van der Waals surface area contributed by atoms with Gasteiger partial charge in [-0.25, -0.2) is 0 Å². The van der Waals surface area contributed by atoms with Crippen LogP contribution in [0.1, 0.15) is 39.5 Å². The van der Waals surface area contributed by atoms with Crippen molar-refractivity contribution in [3.8, 4) is 12.3 Å². The van der Waals surface area contributed by atoms with Crippen LogP contribution in [-0.4, -0.2) is 47.2 Å². The van der Waals surface area contributed by atoms with Crippen molar-refractivity contribution in [2.75, 3.05) is 19.7 Å². The minimum Gasteiger partial charge on any atom is -0.395 e. The van der Waals surface area contributed by atoms with Crippen molar-refractivity contribution in [2.45, 2.75) is 51.1 Å². The van der Waals surface area contributed by atoms with E-state index in [9.17, 15) is 9.90 Å². The van der Waals surface area contributed by atoms with Gasteiger partial charge in [-0.15, -0.1) is 6.42 Å². The van der Waals surface area contributed by atoms with Gasteiger partial charge in [0.05, 0.1) is 13.2 Å². The first-order valence-electron chi connectivity index (χ1n) is 6.74. The third kappa shape index (κ3) is 3.47. The minimum atomic E-state index is -0.522. The lowest BCUT2D eigenvalue weighted by atomic mass is 9.94. The lowest BCUT2D eigenvalue weighted by Crippen LogP contribution is -2.50. The average Bonchev–Trinajstić information content (AvgIpc) is 2.83. The van der Waals surface area contributed by atoms with Gasteiger partial charge in [-0.05, 0) is 32.2 Å². The number of hydrogen-bond donors (Lipinski definition) is 2. The third-order valence-corrected chi connectivity index (χ3v) is 3.92. The van der Waals surface area contributed by atoms with Crippen molar-refractivity contribution in [1.29, 1.82) is 0 Å². The highest BCUT2D eigenvalue weighted by Crippen LogP contribution is 2.17. The highest BCUT2D eigenvalue weighted by atomic mass is 16.3. The van der Waals surface area contributed by atoms with E-state index in [1.165, 1.54) is 0 Å². The average molecular weight is 252 g/mol. The third-order valence-electron chi connectivity index (χ3n) is 3.92. The Morgan fingerprint density at radius 1 is 1.56 bits per heavy atom. The van der Waals surface area contributed by atoms with Gasteiger partial charge >= 0.3 is 0 Å². The van der Waals surface area contributed by atoms with Gasteiger partial charge < -0.3 is 10.4 Å². The van der Waals surface area contributed by atoms with Crippen molar-refractivity contribution >= 4 is 5.91 Å². The van der Waals surface area contributed by atoms with Crippen LogP contribution in [0.4, 0.5) is 0 Å². The Hall–Kier alpha value is -1.05. The summed E-state index contributed by atoms with van der Waals surface area (Å²) in [4.78, 5) is 14.1. The van der Waals surface area contributed by atoms with Crippen LogP contribution >= 0.6 is 0 Å². The summed E-state index contributed by atoms with van der Waals surface area (Å²) in [6, 6.07) is 0.124. The fourth-order valence-electron chi connectivity index (χ4n) is 2.47. The summed E-state index contributed by atoms with van der Waals surface area (Å²) < 4.78 is 0. The molecule has 1 amide bonds. The summed E-state index contributed by atoms with van der Waals surface area (Å²) in [6.07, 6.45) is 8.99. The molecule has 0 aliphatic carbocycles. The Morgan fingerprint density at radius 3 is 2.72 bits per heavy atom. The number of likely N-dealkylation sites (tertiary alicyclic amines) is 1. The molecule has 0 saturated carbocycles. The molecule has 0 spiro atoms. The molecule has 2 N–H and O–H groups in total. The molecule has 0 aromatic heterocycles. The van der Waals surface area contributed by atoms with Gasteiger partial charge in [0.1, 0.15) is 5.54 Å². The molecule has 0 aromatic carbocycles. The summed E-state index contributed by atoms with van der Waals surface area (Å²) in [6.45, 7) is 5.29. The van der Waals surface area contributed by atoms with E-state index in [2.05, 4.69) is 11.2 Å². The van der Waals surface area contributed by atoms with Crippen LogP contribution in [0, 0.1) is 12.3 Å². The van der Waals surface area contributed by atoms with Crippen LogP contribution in [0.2, 0.25) is 0 Å². The van der Waals surface area contributed by atoms with E-state index in [4.69, 9.17) is 6.42 Å². The first-order chi connectivity index (χ1) is 8.60. The summed E-state index contributed by atoms with van der Waals surface area (Å²) in [5.41, 5.74) is -0.522. The SMILES string of the molecule is C#CC(CC)(CC)NC(=O)CN1CCCC1CO. The number of carbonyl (C=O) groups is 1. The Labute approximate surface area is 110 Å². The molecule has 4 nitrogen and oxygen atoms in total. The molecule has 1 fully saturated rings. The maximum absolute atomic E-state index is 12.0. The number of nitrogens with one attached hydrogen (secondary N) is 1. The molecule has 0 radical (unpaired) electrons.